The van der Waals surface area contributed by atoms with E-state index in [0.29, 0.717) is 30.3 Å². The van der Waals surface area contributed by atoms with Gasteiger partial charge in [-0.1, -0.05) is 18.2 Å². The number of nitrogens with zero attached hydrogens (tertiary/aromatic N) is 2. The van der Waals surface area contributed by atoms with Gasteiger partial charge in [0.2, 0.25) is 5.88 Å². The number of benzene rings is 1. The summed E-state index contributed by atoms with van der Waals surface area (Å²) in [5.41, 5.74) is 5.76. The van der Waals surface area contributed by atoms with Gasteiger partial charge in [0.25, 0.3) is 5.91 Å². The Morgan fingerprint density at radius 2 is 1.93 bits per heavy atom. The number of hydrogen-bond acceptors (Lipinski definition) is 6. The number of nitrogens with one attached hydrogen (secondary N) is 2. The number of carbonyl (C=O) groups is 2. The van der Waals surface area contributed by atoms with Crippen LogP contribution >= 0.6 is 0 Å². The van der Waals surface area contributed by atoms with E-state index in [-0.39, 0.29) is 18.0 Å². The first kappa shape index (κ1) is 29.9. The molecule has 226 valence electrons. The van der Waals surface area contributed by atoms with Crippen LogP contribution in [0.4, 0.5) is 10.5 Å². The van der Waals surface area contributed by atoms with E-state index in [1.165, 1.54) is 0 Å². The van der Waals surface area contributed by atoms with Crippen molar-refractivity contribution in [2.24, 2.45) is 5.41 Å². The van der Waals surface area contributed by atoms with Crippen molar-refractivity contribution in [2.45, 2.75) is 104 Å². The number of hydrogen-bond donors (Lipinski definition) is 2. The maximum Gasteiger partial charge on any atom is 0.407 e. The Balaban J connectivity index is 1.30. The van der Waals surface area contributed by atoms with Crippen molar-refractivity contribution in [3.8, 4) is 5.88 Å². The Labute approximate surface area is 250 Å². The van der Waals surface area contributed by atoms with Crippen molar-refractivity contribution in [2.75, 3.05) is 18.6 Å². The molecule has 8 heteroatoms. The molecule has 1 aromatic carbocycles. The third kappa shape index (κ3) is 6.42. The van der Waals surface area contributed by atoms with Gasteiger partial charge in [0, 0.05) is 47.7 Å². The van der Waals surface area contributed by atoms with Crippen molar-refractivity contribution >= 4 is 17.7 Å². The summed E-state index contributed by atoms with van der Waals surface area (Å²) < 4.78 is 11.0. The van der Waals surface area contributed by atoms with Crippen LogP contribution in [-0.4, -0.2) is 48.3 Å². The number of alkyl carbamates (subject to hydrolysis) is 1. The van der Waals surface area contributed by atoms with E-state index in [2.05, 4.69) is 51.7 Å². The predicted octanol–water partition coefficient (Wildman–Crippen LogP) is 6.04. The van der Waals surface area contributed by atoms with Crippen molar-refractivity contribution in [1.82, 2.24) is 15.6 Å². The summed E-state index contributed by atoms with van der Waals surface area (Å²) in [4.78, 5) is 32.9. The zero-order valence-electron chi connectivity index (χ0n) is 26.0. The molecule has 0 bridgehead atoms. The first-order chi connectivity index (χ1) is 20.0. The fourth-order valence-corrected chi connectivity index (χ4v) is 7.09. The van der Waals surface area contributed by atoms with Gasteiger partial charge in [0.1, 0.15) is 5.60 Å². The van der Waals surface area contributed by atoms with Gasteiger partial charge in [-0.15, -0.1) is 0 Å². The molecule has 42 heavy (non-hydrogen) atoms. The Morgan fingerprint density at radius 3 is 2.62 bits per heavy atom. The van der Waals surface area contributed by atoms with Crippen molar-refractivity contribution in [3.05, 3.63) is 64.4 Å². The van der Waals surface area contributed by atoms with Gasteiger partial charge < -0.3 is 25.0 Å². The fraction of sp³-hybridized carbons (Fsp3) is 0.559. The third-order valence-electron chi connectivity index (χ3n) is 8.90. The highest BCUT2D eigenvalue weighted by Gasteiger charge is 2.54. The van der Waals surface area contributed by atoms with Crippen molar-refractivity contribution < 1.29 is 19.1 Å². The molecule has 2 N–H and O–H groups in total. The number of amides is 2. The summed E-state index contributed by atoms with van der Waals surface area (Å²) in [6.07, 6.45) is 10.8. The van der Waals surface area contributed by atoms with E-state index in [0.717, 1.165) is 78.7 Å². The van der Waals surface area contributed by atoms with E-state index < -0.39 is 5.60 Å². The zero-order valence-corrected chi connectivity index (χ0v) is 26.0. The van der Waals surface area contributed by atoms with Crippen LogP contribution in [0.2, 0.25) is 0 Å². The molecule has 2 heterocycles. The van der Waals surface area contributed by atoms with E-state index in [1.54, 1.807) is 7.11 Å². The number of carbonyl (C=O) groups excluding carboxylic acids is 2. The molecule has 2 saturated carbocycles. The maximum absolute atomic E-state index is 13.6. The van der Waals surface area contributed by atoms with Crippen LogP contribution in [-0.2, 0) is 24.1 Å². The van der Waals surface area contributed by atoms with Crippen LogP contribution < -0.4 is 20.3 Å². The SMILES string of the molecule is CCN(c1cccc2c1C/C=C\CCc1cc(C)nc(OC)c1CNC2=O)C1CC2(CC(NC(=O)OC(C)(C)C)C2)C1. The average Bonchev–Trinajstić information content (AvgIpc) is 2.88. The lowest BCUT2D eigenvalue weighted by Gasteiger charge is -2.60. The molecule has 2 amide bonds. The minimum Gasteiger partial charge on any atom is -0.481 e. The summed E-state index contributed by atoms with van der Waals surface area (Å²) in [6, 6.07) is 8.81. The summed E-state index contributed by atoms with van der Waals surface area (Å²) in [6.45, 7) is 11.1. The highest BCUT2D eigenvalue weighted by molar-refractivity contribution is 5.97. The van der Waals surface area contributed by atoms with Crippen molar-refractivity contribution in [3.63, 3.8) is 0 Å². The molecule has 1 aliphatic heterocycles. The summed E-state index contributed by atoms with van der Waals surface area (Å²) >= 11 is 0. The molecule has 5 rings (SSSR count). The molecule has 0 unspecified atom stereocenters. The minimum absolute atomic E-state index is 0.0782. The van der Waals surface area contributed by atoms with Gasteiger partial charge >= 0.3 is 6.09 Å². The first-order valence-corrected chi connectivity index (χ1v) is 15.4. The molecular weight excluding hydrogens is 528 g/mol. The van der Waals surface area contributed by atoms with E-state index in [9.17, 15) is 9.59 Å². The van der Waals surface area contributed by atoms with Gasteiger partial charge in [-0.05, 0) is 114 Å². The molecule has 3 aliphatic rings. The Kier molecular flexibility index (Phi) is 8.53. The molecule has 2 fully saturated rings. The Hall–Kier alpha value is -3.55. The first-order valence-electron chi connectivity index (χ1n) is 15.4. The number of methoxy groups -OCH3 is 1. The van der Waals surface area contributed by atoms with Crippen LogP contribution in [0.3, 0.4) is 0 Å². The second kappa shape index (κ2) is 12.0. The van der Waals surface area contributed by atoms with Crippen LogP contribution in [0.1, 0.15) is 92.5 Å². The van der Waals surface area contributed by atoms with Crippen LogP contribution in [0.5, 0.6) is 5.88 Å². The Morgan fingerprint density at radius 1 is 1.17 bits per heavy atom. The smallest absolute Gasteiger partial charge is 0.407 e. The highest BCUT2D eigenvalue weighted by atomic mass is 16.6. The molecular formula is C34H46N4O4. The second-order valence-electron chi connectivity index (χ2n) is 13.2. The van der Waals surface area contributed by atoms with Crippen LogP contribution in [0, 0.1) is 12.3 Å². The van der Waals surface area contributed by atoms with Crippen LogP contribution in [0.25, 0.3) is 0 Å². The number of pyridine rings is 1. The monoisotopic (exact) mass is 574 g/mol. The van der Waals surface area contributed by atoms with E-state index >= 15 is 0 Å². The summed E-state index contributed by atoms with van der Waals surface area (Å²) in [5, 5.41) is 6.21. The van der Waals surface area contributed by atoms with Gasteiger partial charge in [0.15, 0.2) is 0 Å². The van der Waals surface area contributed by atoms with Crippen LogP contribution in [0.15, 0.2) is 36.4 Å². The summed E-state index contributed by atoms with van der Waals surface area (Å²) in [7, 11) is 1.63. The number of aryl methyl sites for hydroxylation is 2. The molecule has 0 saturated heterocycles. The number of rotatable bonds is 5. The van der Waals surface area contributed by atoms with E-state index in [4.69, 9.17) is 9.47 Å². The van der Waals surface area contributed by atoms with Gasteiger partial charge in [-0.2, -0.15) is 0 Å². The standard InChI is InChI=1S/C34H46N4O4/c1-7-38(25-19-34(20-25)17-24(18-34)37-32(40)42-33(3,4)5)29-15-11-14-27-26(29)13-10-8-9-12-23-16-22(2)36-31(41-6)28(23)21-35-30(27)39/h8,10-11,14-16,24-25H,7,9,12-13,17-21H2,1-6H3,(H,35,39)(H,37,40)/b10-8-. The molecule has 2 aliphatic carbocycles. The van der Waals surface area contributed by atoms with Gasteiger partial charge in [-0.25, -0.2) is 9.78 Å². The normalized spacial score (nSPS) is 24.4. The lowest BCUT2D eigenvalue weighted by molar-refractivity contribution is -0.0248. The van der Waals surface area contributed by atoms with Crippen molar-refractivity contribution in [1.29, 1.82) is 0 Å². The lowest BCUT2D eigenvalue weighted by atomic mass is 9.51. The molecule has 0 radical (unpaired) electrons. The fourth-order valence-electron chi connectivity index (χ4n) is 7.09. The lowest BCUT2D eigenvalue weighted by Crippen LogP contribution is -2.61. The molecule has 0 atom stereocenters. The number of ether oxygens (including phenoxy) is 2. The molecule has 8 nitrogen and oxygen atoms in total. The van der Waals surface area contributed by atoms with E-state index in [1.807, 2.05) is 39.8 Å². The minimum atomic E-state index is -0.488. The molecule has 1 aromatic heterocycles. The maximum atomic E-state index is 13.6. The zero-order chi connectivity index (χ0) is 30.1. The highest BCUT2D eigenvalue weighted by Crippen LogP contribution is 2.58. The largest absolute Gasteiger partial charge is 0.481 e. The van der Waals surface area contributed by atoms with Gasteiger partial charge in [-0.3, -0.25) is 4.79 Å². The number of anilines is 1. The number of fused-ring (bicyclic) bond motifs is 2. The second-order valence-corrected chi connectivity index (χ2v) is 13.2. The Bertz CT molecular complexity index is 1350. The average molecular weight is 575 g/mol. The number of allylic oxidation sites excluding steroid dienone is 2. The quantitative estimate of drug-likeness (QED) is 0.424. The predicted molar refractivity (Wildman–Crippen MR) is 165 cm³/mol. The van der Waals surface area contributed by atoms with Gasteiger partial charge in [0.05, 0.1) is 7.11 Å². The topological polar surface area (TPSA) is 92.8 Å². The molecule has 2 aromatic rings. The number of aromatic nitrogens is 1. The third-order valence-corrected chi connectivity index (χ3v) is 8.90. The summed E-state index contributed by atoms with van der Waals surface area (Å²) in [5.74, 6) is 0.501. The molecule has 1 spiro atoms.